The minimum absolute atomic E-state index is 0.0636. The summed E-state index contributed by atoms with van der Waals surface area (Å²) >= 11 is 6.08. The molecule has 4 amide bonds. The lowest BCUT2D eigenvalue weighted by atomic mass is 10.1. The average Bonchev–Trinajstić information content (AvgIpc) is 2.63. The van der Waals surface area contributed by atoms with Crippen LogP contribution >= 0.6 is 11.6 Å². The molecule has 8 heteroatoms. The van der Waals surface area contributed by atoms with E-state index in [9.17, 15) is 19.5 Å². The predicted octanol–water partition coefficient (Wildman–Crippen LogP) is 3.11. The molecule has 2 aromatic carbocycles. The third-order valence-corrected chi connectivity index (χ3v) is 4.11. The monoisotopic (exact) mass is 386 g/mol. The Morgan fingerprint density at radius 1 is 1.19 bits per heavy atom. The normalized spacial score (nSPS) is 15.9. The molecule has 0 radical (unpaired) electrons. The highest BCUT2D eigenvalue weighted by Crippen LogP contribution is 2.30. The van der Waals surface area contributed by atoms with Crippen molar-refractivity contribution in [2.45, 2.75) is 6.92 Å². The van der Waals surface area contributed by atoms with Gasteiger partial charge in [-0.1, -0.05) is 29.8 Å². The summed E-state index contributed by atoms with van der Waals surface area (Å²) in [6, 6.07) is 9.83. The number of nitrogens with zero attached hydrogens (tertiary/aromatic N) is 1. The number of imide groups is 2. The predicted molar refractivity (Wildman–Crippen MR) is 99.7 cm³/mol. The number of ether oxygens (including phenoxy) is 1. The zero-order chi connectivity index (χ0) is 19.6. The first-order valence-corrected chi connectivity index (χ1v) is 8.42. The van der Waals surface area contributed by atoms with E-state index < -0.39 is 17.8 Å². The van der Waals surface area contributed by atoms with Gasteiger partial charge in [-0.2, -0.15) is 0 Å². The third-order valence-electron chi connectivity index (χ3n) is 3.79. The van der Waals surface area contributed by atoms with E-state index in [2.05, 4.69) is 5.32 Å². The van der Waals surface area contributed by atoms with E-state index in [0.29, 0.717) is 12.2 Å². The number of hydrogen-bond acceptors (Lipinski definition) is 5. The number of rotatable bonds is 4. The van der Waals surface area contributed by atoms with E-state index in [1.165, 1.54) is 36.4 Å². The van der Waals surface area contributed by atoms with E-state index in [4.69, 9.17) is 16.3 Å². The Kier molecular flexibility index (Phi) is 5.14. The van der Waals surface area contributed by atoms with E-state index in [1.54, 1.807) is 19.1 Å². The second-order valence-corrected chi connectivity index (χ2v) is 5.98. The van der Waals surface area contributed by atoms with Crippen molar-refractivity contribution in [1.82, 2.24) is 5.32 Å². The van der Waals surface area contributed by atoms with Gasteiger partial charge in [0.15, 0.2) is 11.5 Å². The molecule has 0 aliphatic carbocycles. The lowest BCUT2D eigenvalue weighted by molar-refractivity contribution is -0.122. The Bertz CT molecular complexity index is 970. The maximum absolute atomic E-state index is 12.8. The van der Waals surface area contributed by atoms with Gasteiger partial charge in [0.2, 0.25) is 0 Å². The number of aromatic hydroxyl groups is 1. The van der Waals surface area contributed by atoms with Gasteiger partial charge < -0.3 is 9.84 Å². The SMILES string of the molecule is CCOc1cc(C=C2C(=O)NC(=O)N(c3ccccc3Cl)C2=O)ccc1O. The summed E-state index contributed by atoms with van der Waals surface area (Å²) in [6.07, 6.45) is 1.32. The number of carbonyl (C=O) groups is 3. The maximum atomic E-state index is 12.8. The summed E-state index contributed by atoms with van der Waals surface area (Å²) < 4.78 is 5.30. The number of hydrogen-bond donors (Lipinski definition) is 2. The molecule has 2 aromatic rings. The molecular formula is C19H15ClN2O5. The molecule has 0 atom stereocenters. The van der Waals surface area contributed by atoms with Gasteiger partial charge in [-0.25, -0.2) is 9.69 Å². The first-order chi connectivity index (χ1) is 12.9. The van der Waals surface area contributed by atoms with Crippen LogP contribution in [-0.4, -0.2) is 29.6 Å². The van der Waals surface area contributed by atoms with Crippen molar-refractivity contribution < 1.29 is 24.2 Å². The number of halogens is 1. The van der Waals surface area contributed by atoms with Gasteiger partial charge in [-0.05, 0) is 42.8 Å². The fourth-order valence-electron chi connectivity index (χ4n) is 2.57. The van der Waals surface area contributed by atoms with Crippen LogP contribution in [0.4, 0.5) is 10.5 Å². The second-order valence-electron chi connectivity index (χ2n) is 5.57. The van der Waals surface area contributed by atoms with Crippen LogP contribution in [0.25, 0.3) is 6.08 Å². The van der Waals surface area contributed by atoms with E-state index in [-0.39, 0.29) is 27.8 Å². The van der Waals surface area contributed by atoms with Gasteiger partial charge in [0, 0.05) is 0 Å². The fourth-order valence-corrected chi connectivity index (χ4v) is 2.79. The quantitative estimate of drug-likeness (QED) is 0.621. The number of nitrogens with one attached hydrogen (secondary N) is 1. The molecule has 1 heterocycles. The minimum Gasteiger partial charge on any atom is -0.504 e. The number of benzene rings is 2. The van der Waals surface area contributed by atoms with Crippen molar-refractivity contribution in [1.29, 1.82) is 0 Å². The molecule has 7 nitrogen and oxygen atoms in total. The number of urea groups is 1. The summed E-state index contributed by atoms with van der Waals surface area (Å²) in [7, 11) is 0. The first kappa shape index (κ1) is 18.5. The van der Waals surface area contributed by atoms with Crippen LogP contribution in [0.1, 0.15) is 12.5 Å². The molecule has 1 aliphatic heterocycles. The lowest BCUT2D eigenvalue weighted by Gasteiger charge is -2.27. The molecular weight excluding hydrogens is 372 g/mol. The van der Waals surface area contributed by atoms with Crippen LogP contribution in [0.2, 0.25) is 5.02 Å². The minimum atomic E-state index is -0.879. The molecule has 1 saturated heterocycles. The highest BCUT2D eigenvalue weighted by atomic mass is 35.5. The number of carbonyl (C=O) groups excluding carboxylic acids is 3. The second kappa shape index (κ2) is 7.51. The molecule has 1 aliphatic rings. The Labute approximate surface area is 159 Å². The topological polar surface area (TPSA) is 95.9 Å². The van der Waals surface area contributed by atoms with Crippen LogP contribution in [0.3, 0.4) is 0 Å². The molecule has 0 bridgehead atoms. The lowest BCUT2D eigenvalue weighted by Crippen LogP contribution is -2.54. The van der Waals surface area contributed by atoms with E-state index >= 15 is 0 Å². The molecule has 138 valence electrons. The fraction of sp³-hybridized carbons (Fsp3) is 0.105. The van der Waals surface area contributed by atoms with Gasteiger partial charge in [0.05, 0.1) is 17.3 Å². The number of para-hydroxylation sites is 1. The molecule has 0 unspecified atom stereocenters. The highest BCUT2D eigenvalue weighted by molar-refractivity contribution is 6.42. The molecule has 0 aromatic heterocycles. The summed E-state index contributed by atoms with van der Waals surface area (Å²) in [5.74, 6) is -1.47. The Morgan fingerprint density at radius 3 is 2.63 bits per heavy atom. The number of amides is 4. The van der Waals surface area contributed by atoms with Crippen LogP contribution in [-0.2, 0) is 9.59 Å². The van der Waals surface area contributed by atoms with Gasteiger partial charge >= 0.3 is 6.03 Å². The zero-order valence-corrected chi connectivity index (χ0v) is 15.0. The first-order valence-electron chi connectivity index (χ1n) is 8.04. The molecule has 3 rings (SSSR count). The van der Waals surface area contributed by atoms with Crippen LogP contribution < -0.4 is 15.0 Å². The smallest absolute Gasteiger partial charge is 0.335 e. The Balaban J connectivity index is 2.02. The van der Waals surface area contributed by atoms with Crippen LogP contribution in [0.15, 0.2) is 48.0 Å². The molecule has 1 fully saturated rings. The summed E-state index contributed by atoms with van der Waals surface area (Å²) in [4.78, 5) is 38.0. The number of phenols is 1. The van der Waals surface area contributed by atoms with Gasteiger partial charge in [-0.15, -0.1) is 0 Å². The molecule has 2 N–H and O–H groups in total. The van der Waals surface area contributed by atoms with Crippen LogP contribution in [0, 0.1) is 0 Å². The zero-order valence-electron chi connectivity index (χ0n) is 14.2. The average molecular weight is 387 g/mol. The maximum Gasteiger partial charge on any atom is 0.335 e. The molecule has 27 heavy (non-hydrogen) atoms. The van der Waals surface area contributed by atoms with E-state index in [1.807, 2.05) is 0 Å². The highest BCUT2D eigenvalue weighted by Gasteiger charge is 2.37. The molecule has 0 spiro atoms. The number of phenolic OH excluding ortho intramolecular Hbond substituents is 1. The summed E-state index contributed by atoms with van der Waals surface area (Å²) in [5.41, 5.74) is 0.367. The van der Waals surface area contributed by atoms with E-state index in [0.717, 1.165) is 4.90 Å². The number of barbiturate groups is 1. The van der Waals surface area contributed by atoms with Gasteiger partial charge in [-0.3, -0.25) is 14.9 Å². The van der Waals surface area contributed by atoms with Gasteiger partial charge in [0.25, 0.3) is 11.8 Å². The van der Waals surface area contributed by atoms with Crippen molar-refractivity contribution in [3.8, 4) is 11.5 Å². The largest absolute Gasteiger partial charge is 0.504 e. The van der Waals surface area contributed by atoms with Crippen molar-refractivity contribution in [2.24, 2.45) is 0 Å². The number of anilines is 1. The van der Waals surface area contributed by atoms with Gasteiger partial charge in [0.1, 0.15) is 5.57 Å². The third kappa shape index (κ3) is 3.63. The van der Waals surface area contributed by atoms with Crippen molar-refractivity contribution in [3.63, 3.8) is 0 Å². The van der Waals surface area contributed by atoms with Crippen molar-refractivity contribution >= 4 is 41.2 Å². The molecule has 0 saturated carbocycles. The summed E-state index contributed by atoms with van der Waals surface area (Å²) in [5, 5.41) is 12.1. The van der Waals surface area contributed by atoms with Crippen LogP contribution in [0.5, 0.6) is 11.5 Å². The van der Waals surface area contributed by atoms with Crippen molar-refractivity contribution in [3.05, 3.63) is 58.6 Å². The Hall–Kier alpha value is -3.32. The van der Waals surface area contributed by atoms with Crippen molar-refractivity contribution in [2.75, 3.05) is 11.5 Å². The summed E-state index contributed by atoms with van der Waals surface area (Å²) in [6.45, 7) is 2.09. The Morgan fingerprint density at radius 2 is 1.93 bits per heavy atom. The standard InChI is InChI=1S/C19H15ClN2O5/c1-2-27-16-10-11(7-8-15(16)23)9-12-17(24)21-19(26)22(18(12)25)14-6-4-3-5-13(14)20/h3-10,23H,2H2,1H3,(H,21,24,26).